The second-order valence-electron chi connectivity index (χ2n) is 8.05. The molecule has 2 fully saturated rings. The topological polar surface area (TPSA) is 73.0 Å². The van der Waals surface area contributed by atoms with Gasteiger partial charge in [-0.1, -0.05) is 6.08 Å². The molecule has 0 aromatic heterocycles. The van der Waals surface area contributed by atoms with Gasteiger partial charge in [0, 0.05) is 45.0 Å². The number of nitrogens with zero attached hydrogens (tertiary/aromatic N) is 3. The Bertz CT molecular complexity index is 961. The molecule has 3 heterocycles. The second-order valence-corrected chi connectivity index (χ2v) is 11.6. The van der Waals surface area contributed by atoms with Crippen molar-refractivity contribution in [2.24, 2.45) is 0 Å². The smallest absolute Gasteiger partial charge is 0.365 e. The quantitative estimate of drug-likeness (QED) is 0.680. The fourth-order valence-electron chi connectivity index (χ4n) is 4.26. The van der Waals surface area contributed by atoms with Crippen LogP contribution in [0.4, 0.5) is 18.9 Å². The maximum atomic E-state index is 13.1. The van der Waals surface area contributed by atoms with Crippen molar-refractivity contribution in [1.29, 1.82) is 0 Å². The van der Waals surface area contributed by atoms with Gasteiger partial charge in [-0.3, -0.25) is 9.69 Å². The number of amides is 1. The number of carbonyl (C=O) groups is 1. The number of sulfonamides is 1. The van der Waals surface area contributed by atoms with Gasteiger partial charge in [0.1, 0.15) is 4.58 Å². The van der Waals surface area contributed by atoms with Crippen LogP contribution in [0.3, 0.4) is 0 Å². The highest BCUT2D eigenvalue weighted by Gasteiger charge is 2.39. The van der Waals surface area contributed by atoms with E-state index < -0.39 is 26.3 Å². The van der Waals surface area contributed by atoms with Gasteiger partial charge < -0.3 is 10.2 Å². The largest absolute Gasteiger partial charge is 0.416 e. The molecule has 0 bridgehead atoms. The number of carbonyl (C=O) groups excluding carboxylic acids is 1. The molecule has 4 rings (SSSR count). The van der Waals surface area contributed by atoms with Crippen molar-refractivity contribution in [2.75, 3.05) is 50.7 Å². The highest BCUT2D eigenvalue weighted by atomic mass is 32.3. The second kappa shape index (κ2) is 9.24. The highest BCUT2D eigenvalue weighted by molar-refractivity contribution is 8.14. The van der Waals surface area contributed by atoms with E-state index in [1.54, 1.807) is 5.41 Å². The molecule has 0 radical (unpaired) electrons. The first-order valence-corrected chi connectivity index (χ1v) is 12.8. The Morgan fingerprint density at radius 2 is 1.88 bits per heavy atom. The zero-order chi connectivity index (χ0) is 22.9. The van der Waals surface area contributed by atoms with Gasteiger partial charge in [-0.2, -0.15) is 17.5 Å². The molecule has 2 atom stereocenters. The first kappa shape index (κ1) is 23.4. The van der Waals surface area contributed by atoms with Crippen molar-refractivity contribution in [2.45, 2.75) is 23.2 Å². The third-order valence-corrected chi connectivity index (χ3v) is 9.72. The molecule has 1 unspecified atom stereocenters. The molecule has 176 valence electrons. The van der Waals surface area contributed by atoms with Crippen molar-refractivity contribution >= 4 is 33.4 Å². The summed E-state index contributed by atoms with van der Waals surface area (Å²) in [6.07, 6.45) is -2.11. The van der Waals surface area contributed by atoms with Gasteiger partial charge in [0.2, 0.25) is 15.9 Å². The molecule has 1 aromatic rings. The number of nitrogens with one attached hydrogen (secondary N) is 1. The van der Waals surface area contributed by atoms with E-state index in [1.165, 1.54) is 28.2 Å². The van der Waals surface area contributed by atoms with Crippen molar-refractivity contribution < 1.29 is 26.4 Å². The van der Waals surface area contributed by atoms with Crippen LogP contribution in [-0.2, 0) is 21.0 Å². The predicted molar refractivity (Wildman–Crippen MR) is 118 cm³/mol. The number of halogens is 3. The maximum Gasteiger partial charge on any atom is 0.416 e. The van der Waals surface area contributed by atoms with Crippen LogP contribution >= 0.6 is 11.8 Å². The van der Waals surface area contributed by atoms with Crippen molar-refractivity contribution in [3.63, 3.8) is 0 Å². The van der Waals surface area contributed by atoms with Gasteiger partial charge in [-0.05, 0) is 36.1 Å². The molecule has 32 heavy (non-hydrogen) atoms. The lowest BCUT2D eigenvalue weighted by Crippen LogP contribution is -2.61. The Morgan fingerprint density at radius 3 is 2.50 bits per heavy atom. The lowest BCUT2D eigenvalue weighted by Gasteiger charge is -2.44. The van der Waals surface area contributed by atoms with Crippen LogP contribution < -0.4 is 10.2 Å². The number of thioether (sulfide) groups is 1. The van der Waals surface area contributed by atoms with Gasteiger partial charge in [0.15, 0.2) is 0 Å². The fraction of sp³-hybridized carbons (Fsp3) is 0.550. The normalized spacial score (nSPS) is 25.8. The minimum Gasteiger partial charge on any atom is -0.365 e. The van der Waals surface area contributed by atoms with Gasteiger partial charge in [0.05, 0.1) is 18.2 Å². The van der Waals surface area contributed by atoms with E-state index in [4.69, 9.17) is 0 Å². The van der Waals surface area contributed by atoms with Crippen molar-refractivity contribution in [3.8, 4) is 0 Å². The van der Waals surface area contributed by atoms with E-state index in [0.29, 0.717) is 38.3 Å². The average Bonchev–Trinajstić information content (AvgIpc) is 3.29. The summed E-state index contributed by atoms with van der Waals surface area (Å²) < 4.78 is 66.1. The number of rotatable bonds is 5. The van der Waals surface area contributed by atoms with Crippen LogP contribution in [0.15, 0.2) is 35.7 Å². The number of hydrogen-bond donors (Lipinski definition) is 1. The van der Waals surface area contributed by atoms with Crippen LogP contribution in [-0.4, -0.2) is 80.0 Å². The number of alkyl halides is 3. The SMILES string of the molecule is O=C1CN(C[C@H]2CN(S(=O)(=O)C3CC=CS3)CCN2c2ccc(C(F)(F)F)cc2)CCN1. The Hall–Kier alpha value is -1.76. The molecule has 3 aliphatic rings. The third kappa shape index (κ3) is 5.08. The van der Waals surface area contributed by atoms with E-state index in [2.05, 4.69) is 5.32 Å². The monoisotopic (exact) mass is 490 g/mol. The summed E-state index contributed by atoms with van der Waals surface area (Å²) in [5.74, 6) is -0.0916. The molecule has 1 aromatic carbocycles. The summed E-state index contributed by atoms with van der Waals surface area (Å²) in [6, 6.07) is 4.66. The van der Waals surface area contributed by atoms with Crippen LogP contribution in [0.25, 0.3) is 0 Å². The summed E-state index contributed by atoms with van der Waals surface area (Å²) in [6.45, 7) is 2.65. The molecule has 12 heteroatoms. The summed E-state index contributed by atoms with van der Waals surface area (Å²) in [4.78, 5) is 15.7. The van der Waals surface area contributed by atoms with Crippen molar-refractivity contribution in [3.05, 3.63) is 41.3 Å². The minimum absolute atomic E-state index is 0.0916. The number of piperazine rings is 2. The summed E-state index contributed by atoms with van der Waals surface area (Å²) in [5.41, 5.74) is -0.115. The number of hydrogen-bond acceptors (Lipinski definition) is 6. The van der Waals surface area contributed by atoms with E-state index >= 15 is 0 Å². The number of benzene rings is 1. The number of anilines is 1. The zero-order valence-corrected chi connectivity index (χ0v) is 18.9. The summed E-state index contributed by atoms with van der Waals surface area (Å²) in [7, 11) is -3.52. The lowest BCUT2D eigenvalue weighted by atomic mass is 10.1. The first-order chi connectivity index (χ1) is 15.1. The molecular weight excluding hydrogens is 465 g/mol. The molecule has 1 N–H and O–H groups in total. The van der Waals surface area contributed by atoms with Gasteiger partial charge >= 0.3 is 6.18 Å². The fourth-order valence-corrected chi connectivity index (χ4v) is 7.41. The molecule has 3 aliphatic heterocycles. The molecule has 1 amide bonds. The Morgan fingerprint density at radius 1 is 1.12 bits per heavy atom. The van der Waals surface area contributed by atoms with Crippen LogP contribution in [0, 0.1) is 0 Å². The van der Waals surface area contributed by atoms with E-state index in [9.17, 15) is 26.4 Å². The number of allylic oxidation sites excluding steroid dienone is 1. The average molecular weight is 491 g/mol. The summed E-state index contributed by atoms with van der Waals surface area (Å²) in [5, 5.41) is 4.56. The molecule has 0 saturated carbocycles. The zero-order valence-electron chi connectivity index (χ0n) is 17.3. The van der Waals surface area contributed by atoms with E-state index in [1.807, 2.05) is 15.9 Å². The first-order valence-electron chi connectivity index (χ1n) is 10.4. The van der Waals surface area contributed by atoms with Crippen LogP contribution in [0.1, 0.15) is 12.0 Å². The molecule has 2 saturated heterocycles. The van der Waals surface area contributed by atoms with Crippen molar-refractivity contribution in [1.82, 2.24) is 14.5 Å². The van der Waals surface area contributed by atoms with Gasteiger partial charge in [0.25, 0.3) is 0 Å². The third-order valence-electron chi connectivity index (χ3n) is 5.91. The summed E-state index contributed by atoms with van der Waals surface area (Å²) >= 11 is 1.29. The Labute approximate surface area is 189 Å². The molecule has 7 nitrogen and oxygen atoms in total. The molecule has 0 spiro atoms. The molecular formula is C20H25F3N4O3S2. The predicted octanol–water partition coefficient (Wildman–Crippen LogP) is 1.93. The Balaban J connectivity index is 1.55. The minimum atomic E-state index is -4.42. The van der Waals surface area contributed by atoms with Gasteiger partial charge in [-0.25, -0.2) is 8.42 Å². The van der Waals surface area contributed by atoms with E-state index in [0.717, 1.165) is 12.1 Å². The Kier molecular flexibility index (Phi) is 6.76. The molecule has 0 aliphatic carbocycles. The van der Waals surface area contributed by atoms with Crippen LogP contribution in [0.2, 0.25) is 0 Å². The maximum absolute atomic E-state index is 13.1. The lowest BCUT2D eigenvalue weighted by molar-refractivity contribution is -0.137. The van der Waals surface area contributed by atoms with E-state index in [-0.39, 0.29) is 31.6 Å². The van der Waals surface area contributed by atoms with Crippen LogP contribution in [0.5, 0.6) is 0 Å². The highest BCUT2D eigenvalue weighted by Crippen LogP contribution is 2.34. The standard InChI is InChI=1S/C20H25F3N4O3S2/c21-20(22,23)15-3-5-16(6-4-15)27-10-9-26(32(29,30)19-2-1-11-31-19)13-17(27)12-25-8-7-24-18(28)14-25/h1,3-6,11,17,19H,2,7-10,12-14H2,(H,24,28)/t17-,19?/m0/s1. The van der Waals surface area contributed by atoms with Gasteiger partial charge in [-0.15, -0.1) is 11.8 Å².